The molecule has 5 rings (SSSR count). The first-order chi connectivity index (χ1) is 14.6. The van der Waals surface area contributed by atoms with E-state index < -0.39 is 0 Å². The Labute approximate surface area is 175 Å². The second-order valence-corrected chi connectivity index (χ2v) is 8.27. The number of nitrogens with one attached hydrogen (secondary N) is 2. The van der Waals surface area contributed by atoms with Crippen molar-refractivity contribution in [2.75, 3.05) is 36.4 Å². The summed E-state index contributed by atoms with van der Waals surface area (Å²) in [5.41, 5.74) is 4.82. The number of rotatable bonds is 4. The van der Waals surface area contributed by atoms with Gasteiger partial charge in [-0.3, -0.25) is 9.59 Å². The van der Waals surface area contributed by atoms with E-state index in [1.165, 1.54) is 18.4 Å². The normalized spacial score (nSPS) is 16.7. The van der Waals surface area contributed by atoms with E-state index in [2.05, 4.69) is 33.4 Å². The van der Waals surface area contributed by atoms with E-state index in [4.69, 9.17) is 0 Å². The molecule has 2 aliphatic rings. The smallest absolute Gasteiger partial charge is 0.272 e. The standard InChI is InChI=1S/C24H26N4O2/c1-16(29)27-10-12-28(13-11-27)20-6-3-5-19(15-20)25-24(30)22-14-18-4-2-7-21(17-8-9-17)23(18)26-22/h2-7,14-15,17,26H,8-13H2,1H3,(H,25,30). The van der Waals surface area contributed by atoms with Gasteiger partial charge < -0.3 is 20.1 Å². The molecule has 2 N–H and O–H groups in total. The average Bonchev–Trinajstić information content (AvgIpc) is 3.51. The summed E-state index contributed by atoms with van der Waals surface area (Å²) in [5.74, 6) is 0.619. The van der Waals surface area contributed by atoms with E-state index >= 15 is 0 Å². The first-order valence-corrected chi connectivity index (χ1v) is 10.6. The van der Waals surface area contributed by atoms with E-state index in [1.807, 2.05) is 35.2 Å². The van der Waals surface area contributed by atoms with Gasteiger partial charge in [-0.05, 0) is 48.6 Å². The van der Waals surface area contributed by atoms with Gasteiger partial charge in [0.25, 0.3) is 5.91 Å². The van der Waals surface area contributed by atoms with Crippen molar-refractivity contribution in [3.8, 4) is 0 Å². The molecule has 0 bridgehead atoms. The van der Waals surface area contributed by atoms with Crippen molar-refractivity contribution in [1.82, 2.24) is 9.88 Å². The molecule has 0 unspecified atom stereocenters. The summed E-state index contributed by atoms with van der Waals surface area (Å²) in [7, 11) is 0. The fourth-order valence-electron chi connectivity index (χ4n) is 4.29. The van der Waals surface area contributed by atoms with Crippen molar-refractivity contribution in [1.29, 1.82) is 0 Å². The van der Waals surface area contributed by atoms with Crippen LogP contribution in [0.2, 0.25) is 0 Å². The lowest BCUT2D eigenvalue weighted by atomic mass is 10.1. The van der Waals surface area contributed by atoms with E-state index in [0.717, 1.165) is 48.5 Å². The van der Waals surface area contributed by atoms with Gasteiger partial charge in [0, 0.05) is 55.4 Å². The number of anilines is 2. The molecule has 30 heavy (non-hydrogen) atoms. The second kappa shape index (κ2) is 7.52. The fraction of sp³-hybridized carbons (Fsp3) is 0.333. The highest BCUT2D eigenvalue weighted by molar-refractivity contribution is 6.06. The molecule has 1 aliphatic carbocycles. The molecule has 3 aromatic rings. The summed E-state index contributed by atoms with van der Waals surface area (Å²) >= 11 is 0. The van der Waals surface area contributed by atoms with Gasteiger partial charge in [-0.25, -0.2) is 0 Å². The fourth-order valence-corrected chi connectivity index (χ4v) is 4.29. The van der Waals surface area contributed by atoms with Crippen molar-refractivity contribution >= 4 is 34.1 Å². The zero-order chi connectivity index (χ0) is 20.7. The number of benzene rings is 2. The van der Waals surface area contributed by atoms with Gasteiger partial charge in [0.2, 0.25) is 5.91 Å². The molecule has 2 fully saturated rings. The van der Waals surface area contributed by atoms with Crippen LogP contribution in [0.15, 0.2) is 48.5 Å². The van der Waals surface area contributed by atoms with Crippen LogP contribution in [0.25, 0.3) is 10.9 Å². The van der Waals surface area contributed by atoms with Crippen LogP contribution in [0, 0.1) is 0 Å². The molecular formula is C24H26N4O2. The van der Waals surface area contributed by atoms with E-state index in [-0.39, 0.29) is 11.8 Å². The van der Waals surface area contributed by atoms with Crippen LogP contribution in [-0.4, -0.2) is 47.9 Å². The highest BCUT2D eigenvalue weighted by atomic mass is 16.2. The lowest BCUT2D eigenvalue weighted by Crippen LogP contribution is -2.48. The topological polar surface area (TPSA) is 68.4 Å². The summed E-state index contributed by atoms with van der Waals surface area (Å²) in [5, 5.41) is 4.11. The minimum Gasteiger partial charge on any atom is -0.368 e. The summed E-state index contributed by atoms with van der Waals surface area (Å²) in [6.07, 6.45) is 2.46. The molecular weight excluding hydrogens is 376 g/mol. The number of hydrogen-bond donors (Lipinski definition) is 2. The lowest BCUT2D eigenvalue weighted by molar-refractivity contribution is -0.129. The first-order valence-electron chi connectivity index (χ1n) is 10.6. The van der Waals surface area contributed by atoms with Gasteiger partial charge in [0.1, 0.15) is 5.69 Å². The quantitative estimate of drug-likeness (QED) is 0.694. The average molecular weight is 402 g/mol. The molecule has 0 radical (unpaired) electrons. The number of carbonyl (C=O) groups excluding carboxylic acids is 2. The Morgan fingerprint density at radius 3 is 2.50 bits per heavy atom. The highest BCUT2D eigenvalue weighted by Gasteiger charge is 2.26. The summed E-state index contributed by atoms with van der Waals surface area (Å²) in [6, 6.07) is 16.1. The van der Waals surface area contributed by atoms with E-state index in [0.29, 0.717) is 11.6 Å². The van der Waals surface area contributed by atoms with Crippen LogP contribution in [-0.2, 0) is 4.79 Å². The third-order valence-electron chi connectivity index (χ3n) is 6.14. The van der Waals surface area contributed by atoms with E-state index in [1.54, 1.807) is 6.92 Å². The van der Waals surface area contributed by atoms with Crippen LogP contribution >= 0.6 is 0 Å². The summed E-state index contributed by atoms with van der Waals surface area (Å²) in [4.78, 5) is 31.9. The second-order valence-electron chi connectivity index (χ2n) is 8.27. The molecule has 2 amide bonds. The number of nitrogens with zero attached hydrogens (tertiary/aromatic N) is 2. The minimum atomic E-state index is -0.133. The summed E-state index contributed by atoms with van der Waals surface area (Å²) in [6.45, 7) is 4.66. The molecule has 1 saturated carbocycles. The monoisotopic (exact) mass is 402 g/mol. The Morgan fingerprint density at radius 2 is 1.77 bits per heavy atom. The van der Waals surface area contributed by atoms with Crippen LogP contribution in [0.1, 0.15) is 41.7 Å². The zero-order valence-electron chi connectivity index (χ0n) is 17.1. The van der Waals surface area contributed by atoms with Crippen LogP contribution in [0.3, 0.4) is 0 Å². The number of aromatic amines is 1. The molecule has 2 heterocycles. The predicted molar refractivity (Wildman–Crippen MR) is 119 cm³/mol. The molecule has 1 aromatic heterocycles. The number of piperazine rings is 1. The van der Waals surface area contributed by atoms with Gasteiger partial charge in [-0.2, -0.15) is 0 Å². The largest absolute Gasteiger partial charge is 0.368 e. The summed E-state index contributed by atoms with van der Waals surface area (Å²) < 4.78 is 0. The van der Waals surface area contributed by atoms with Crippen molar-refractivity contribution < 1.29 is 9.59 Å². The van der Waals surface area contributed by atoms with Crippen molar-refractivity contribution in [3.63, 3.8) is 0 Å². The van der Waals surface area contributed by atoms with Crippen molar-refractivity contribution in [2.45, 2.75) is 25.7 Å². The number of carbonyl (C=O) groups is 2. The number of hydrogen-bond acceptors (Lipinski definition) is 3. The lowest BCUT2D eigenvalue weighted by Gasteiger charge is -2.35. The van der Waals surface area contributed by atoms with Crippen LogP contribution in [0.4, 0.5) is 11.4 Å². The Balaban J connectivity index is 1.31. The van der Waals surface area contributed by atoms with Gasteiger partial charge in [-0.1, -0.05) is 24.3 Å². The van der Waals surface area contributed by atoms with Gasteiger partial charge in [0.05, 0.1) is 0 Å². The number of amides is 2. The van der Waals surface area contributed by atoms with Gasteiger partial charge >= 0.3 is 0 Å². The van der Waals surface area contributed by atoms with Crippen LogP contribution < -0.4 is 10.2 Å². The maximum Gasteiger partial charge on any atom is 0.272 e. The molecule has 2 aromatic carbocycles. The minimum absolute atomic E-state index is 0.124. The number of aromatic nitrogens is 1. The van der Waals surface area contributed by atoms with Gasteiger partial charge in [-0.15, -0.1) is 0 Å². The third kappa shape index (κ3) is 3.65. The molecule has 1 saturated heterocycles. The molecule has 1 aliphatic heterocycles. The number of H-pyrrole nitrogens is 1. The molecule has 0 spiro atoms. The molecule has 154 valence electrons. The maximum atomic E-state index is 12.9. The molecule has 6 heteroatoms. The maximum absolute atomic E-state index is 12.9. The van der Waals surface area contributed by atoms with Crippen molar-refractivity contribution in [3.05, 3.63) is 59.8 Å². The Morgan fingerprint density at radius 1 is 1.00 bits per heavy atom. The van der Waals surface area contributed by atoms with Crippen molar-refractivity contribution in [2.24, 2.45) is 0 Å². The first kappa shape index (κ1) is 18.7. The SMILES string of the molecule is CC(=O)N1CCN(c2cccc(NC(=O)c3cc4cccc(C5CC5)c4[nH]3)c2)CC1. The number of para-hydroxylation sites is 1. The Bertz CT molecular complexity index is 1110. The highest BCUT2D eigenvalue weighted by Crippen LogP contribution is 2.42. The zero-order valence-corrected chi connectivity index (χ0v) is 17.1. The molecule has 6 nitrogen and oxygen atoms in total. The third-order valence-corrected chi connectivity index (χ3v) is 6.14. The Hall–Kier alpha value is -3.28. The van der Waals surface area contributed by atoms with E-state index in [9.17, 15) is 9.59 Å². The number of fused-ring (bicyclic) bond motifs is 1. The Kier molecular flexibility index (Phi) is 4.69. The van der Waals surface area contributed by atoms with Gasteiger partial charge in [0.15, 0.2) is 0 Å². The predicted octanol–water partition coefficient (Wildman–Crippen LogP) is 3.97. The van der Waals surface area contributed by atoms with Crippen LogP contribution in [0.5, 0.6) is 0 Å². The molecule has 0 atom stereocenters.